The average Bonchev–Trinajstić information content (AvgIpc) is 2.77. The minimum atomic E-state index is 0.771. The van der Waals surface area contributed by atoms with Crippen LogP contribution in [0.5, 0.6) is 0 Å². The highest BCUT2D eigenvalue weighted by Gasteiger charge is 2.29. The first-order valence-electron chi connectivity index (χ1n) is 6.68. The first-order valence-corrected chi connectivity index (χ1v) is 7.73. The van der Waals surface area contributed by atoms with Gasteiger partial charge in [-0.1, -0.05) is 33.6 Å². The number of nitrogens with one attached hydrogen (secondary N) is 1. The summed E-state index contributed by atoms with van der Waals surface area (Å²) in [5.74, 6) is 2.27. The molecule has 0 amide bonds. The van der Waals surface area contributed by atoms with Crippen molar-refractivity contribution in [2.24, 2.45) is 5.92 Å². The van der Waals surface area contributed by atoms with Gasteiger partial charge in [0.25, 0.3) is 0 Å². The smallest absolute Gasteiger partial charge is 0.0214 e. The Labute approximate surface area is 99.8 Å². The lowest BCUT2D eigenvalue weighted by Gasteiger charge is -2.31. The van der Waals surface area contributed by atoms with E-state index >= 15 is 0 Å². The fourth-order valence-corrected chi connectivity index (χ4v) is 4.09. The summed E-state index contributed by atoms with van der Waals surface area (Å²) in [5.41, 5.74) is 0. The fraction of sp³-hybridized carbons (Fsp3) is 1.00. The molecule has 0 spiro atoms. The second-order valence-corrected chi connectivity index (χ2v) is 5.96. The van der Waals surface area contributed by atoms with Gasteiger partial charge in [0.15, 0.2) is 0 Å². The van der Waals surface area contributed by atoms with Crippen LogP contribution in [-0.2, 0) is 0 Å². The van der Waals surface area contributed by atoms with Crippen LogP contribution >= 0.6 is 11.8 Å². The van der Waals surface area contributed by atoms with Gasteiger partial charge in [-0.05, 0) is 37.5 Å². The van der Waals surface area contributed by atoms with Gasteiger partial charge in [0.2, 0.25) is 0 Å². The molecule has 1 N–H and O–H groups in total. The van der Waals surface area contributed by atoms with E-state index in [0.29, 0.717) is 0 Å². The van der Waals surface area contributed by atoms with Gasteiger partial charge < -0.3 is 5.32 Å². The van der Waals surface area contributed by atoms with Crippen molar-refractivity contribution in [1.82, 2.24) is 5.32 Å². The van der Waals surface area contributed by atoms with E-state index in [1.54, 1.807) is 0 Å². The lowest BCUT2D eigenvalue weighted by molar-refractivity contribution is 0.323. The van der Waals surface area contributed by atoms with Gasteiger partial charge >= 0.3 is 0 Å². The van der Waals surface area contributed by atoms with E-state index in [4.69, 9.17) is 0 Å². The lowest BCUT2D eigenvalue weighted by Crippen LogP contribution is -2.43. The van der Waals surface area contributed by atoms with Gasteiger partial charge in [0, 0.05) is 11.3 Å². The molecular formula is C13H27NS. The minimum absolute atomic E-state index is 0.771. The third-order valence-electron chi connectivity index (χ3n) is 3.55. The molecule has 1 saturated heterocycles. The summed E-state index contributed by atoms with van der Waals surface area (Å²) in [4.78, 5) is 0. The summed E-state index contributed by atoms with van der Waals surface area (Å²) in [7, 11) is 0. The van der Waals surface area contributed by atoms with E-state index in [1.807, 2.05) is 0 Å². The number of hydrogen-bond acceptors (Lipinski definition) is 2. The Kier molecular flexibility index (Phi) is 6.74. The SMILES string of the molecule is CCCNC(C(CC)CC)C1CCCS1. The zero-order valence-corrected chi connectivity index (χ0v) is 11.4. The highest BCUT2D eigenvalue weighted by Crippen LogP contribution is 2.33. The van der Waals surface area contributed by atoms with Crippen LogP contribution in [-0.4, -0.2) is 23.6 Å². The normalized spacial score (nSPS) is 23.6. The van der Waals surface area contributed by atoms with E-state index in [2.05, 4.69) is 37.8 Å². The molecule has 0 radical (unpaired) electrons. The van der Waals surface area contributed by atoms with E-state index in [-0.39, 0.29) is 0 Å². The summed E-state index contributed by atoms with van der Waals surface area (Å²) >= 11 is 2.20. The third-order valence-corrected chi connectivity index (χ3v) is 5.03. The molecular weight excluding hydrogens is 202 g/mol. The zero-order valence-electron chi connectivity index (χ0n) is 10.6. The van der Waals surface area contributed by atoms with Crippen LogP contribution < -0.4 is 5.32 Å². The molecule has 1 fully saturated rings. The molecule has 90 valence electrons. The molecule has 0 aromatic carbocycles. The maximum absolute atomic E-state index is 3.79. The van der Waals surface area contributed by atoms with Crippen LogP contribution in [0.25, 0.3) is 0 Å². The van der Waals surface area contributed by atoms with Gasteiger partial charge in [-0.25, -0.2) is 0 Å². The summed E-state index contributed by atoms with van der Waals surface area (Å²) < 4.78 is 0. The molecule has 1 heterocycles. The Hall–Kier alpha value is 0.310. The summed E-state index contributed by atoms with van der Waals surface area (Å²) in [6.45, 7) is 8.14. The van der Waals surface area contributed by atoms with Gasteiger partial charge in [-0.2, -0.15) is 11.8 Å². The third kappa shape index (κ3) is 3.99. The van der Waals surface area contributed by atoms with E-state index in [9.17, 15) is 0 Å². The summed E-state index contributed by atoms with van der Waals surface area (Å²) in [6, 6.07) is 0.771. The van der Waals surface area contributed by atoms with Crippen molar-refractivity contribution in [1.29, 1.82) is 0 Å². The molecule has 1 aliphatic rings. The van der Waals surface area contributed by atoms with E-state index < -0.39 is 0 Å². The zero-order chi connectivity index (χ0) is 11.1. The number of thioether (sulfide) groups is 1. The maximum atomic E-state index is 3.79. The Morgan fingerprint density at radius 2 is 2.00 bits per heavy atom. The molecule has 2 unspecified atom stereocenters. The van der Waals surface area contributed by atoms with Crippen molar-refractivity contribution >= 4 is 11.8 Å². The maximum Gasteiger partial charge on any atom is 0.0214 e. The van der Waals surface area contributed by atoms with Gasteiger partial charge in [-0.15, -0.1) is 0 Å². The predicted octanol–water partition coefficient (Wildman–Crippen LogP) is 3.69. The van der Waals surface area contributed by atoms with Crippen LogP contribution in [0.4, 0.5) is 0 Å². The topological polar surface area (TPSA) is 12.0 Å². The Bertz CT molecular complexity index is 149. The standard InChI is InChI=1S/C13H27NS/c1-4-9-14-13(11(5-2)6-3)12-8-7-10-15-12/h11-14H,4-10H2,1-3H3. The van der Waals surface area contributed by atoms with Gasteiger partial charge in [0.1, 0.15) is 0 Å². The Morgan fingerprint density at radius 3 is 2.47 bits per heavy atom. The molecule has 15 heavy (non-hydrogen) atoms. The lowest BCUT2D eigenvalue weighted by atomic mass is 9.90. The quantitative estimate of drug-likeness (QED) is 0.714. The fourth-order valence-electron chi connectivity index (χ4n) is 2.60. The second kappa shape index (κ2) is 7.56. The van der Waals surface area contributed by atoms with Gasteiger partial charge in [-0.3, -0.25) is 0 Å². The molecule has 1 nitrogen and oxygen atoms in total. The summed E-state index contributed by atoms with van der Waals surface area (Å²) in [5, 5.41) is 4.68. The number of rotatable bonds is 7. The summed E-state index contributed by atoms with van der Waals surface area (Å²) in [6.07, 6.45) is 6.78. The molecule has 0 aromatic rings. The highest BCUT2D eigenvalue weighted by atomic mass is 32.2. The van der Waals surface area contributed by atoms with Crippen molar-refractivity contribution in [3.05, 3.63) is 0 Å². The average molecular weight is 229 g/mol. The van der Waals surface area contributed by atoms with Crippen molar-refractivity contribution < 1.29 is 0 Å². The molecule has 1 rings (SSSR count). The van der Waals surface area contributed by atoms with Crippen molar-refractivity contribution in [2.45, 2.75) is 64.2 Å². The highest BCUT2D eigenvalue weighted by molar-refractivity contribution is 8.00. The molecule has 0 aliphatic carbocycles. The van der Waals surface area contributed by atoms with Crippen LogP contribution in [0.2, 0.25) is 0 Å². The number of hydrogen-bond donors (Lipinski definition) is 1. The van der Waals surface area contributed by atoms with Crippen LogP contribution in [0.1, 0.15) is 52.9 Å². The van der Waals surface area contributed by atoms with Crippen molar-refractivity contribution in [3.63, 3.8) is 0 Å². The van der Waals surface area contributed by atoms with Crippen molar-refractivity contribution in [2.75, 3.05) is 12.3 Å². The van der Waals surface area contributed by atoms with E-state index in [1.165, 1.54) is 44.4 Å². The minimum Gasteiger partial charge on any atom is -0.313 e. The van der Waals surface area contributed by atoms with Gasteiger partial charge in [0.05, 0.1) is 0 Å². The van der Waals surface area contributed by atoms with E-state index in [0.717, 1.165) is 17.2 Å². The second-order valence-electron chi connectivity index (χ2n) is 4.61. The largest absolute Gasteiger partial charge is 0.313 e. The Morgan fingerprint density at radius 1 is 1.27 bits per heavy atom. The molecule has 2 heteroatoms. The molecule has 2 atom stereocenters. The molecule has 1 aliphatic heterocycles. The van der Waals surface area contributed by atoms with Crippen LogP contribution in [0.3, 0.4) is 0 Å². The van der Waals surface area contributed by atoms with Crippen molar-refractivity contribution in [3.8, 4) is 0 Å². The molecule has 0 aromatic heterocycles. The first kappa shape index (κ1) is 13.4. The molecule has 0 saturated carbocycles. The van der Waals surface area contributed by atoms with Crippen LogP contribution in [0, 0.1) is 5.92 Å². The molecule has 0 bridgehead atoms. The monoisotopic (exact) mass is 229 g/mol. The predicted molar refractivity (Wildman–Crippen MR) is 71.6 cm³/mol. The van der Waals surface area contributed by atoms with Crippen LogP contribution in [0.15, 0.2) is 0 Å². The Balaban J connectivity index is 2.49. The first-order chi connectivity index (χ1) is 7.33.